The molecule has 0 bridgehead atoms. The molecule has 0 unspecified atom stereocenters. The fraction of sp³-hybridized carbons (Fsp3) is 0.125. The lowest BCUT2D eigenvalue weighted by atomic mass is 10.2. The van der Waals surface area contributed by atoms with E-state index in [0.29, 0.717) is 27.5 Å². The van der Waals surface area contributed by atoms with Crippen molar-refractivity contribution in [2.75, 3.05) is 6.61 Å². The van der Waals surface area contributed by atoms with Gasteiger partial charge in [-0.3, -0.25) is 15.6 Å². The van der Waals surface area contributed by atoms with Crippen LogP contribution in [0.4, 0.5) is 0 Å². The molecular weight excluding hydrogens is 369 g/mol. The van der Waals surface area contributed by atoms with Crippen LogP contribution >= 0.6 is 35.4 Å². The predicted octanol–water partition coefficient (Wildman–Crippen LogP) is 3.07. The fourth-order valence-electron chi connectivity index (χ4n) is 1.72. The van der Waals surface area contributed by atoms with Crippen molar-refractivity contribution in [3.8, 4) is 5.75 Å². The summed E-state index contributed by atoms with van der Waals surface area (Å²) in [5.74, 6) is -0.0223. The van der Waals surface area contributed by atoms with Gasteiger partial charge in [0.2, 0.25) is 0 Å². The Labute approximate surface area is 155 Å². The number of benzene rings is 2. The van der Waals surface area contributed by atoms with E-state index in [1.807, 2.05) is 30.3 Å². The van der Waals surface area contributed by atoms with E-state index in [0.717, 1.165) is 5.56 Å². The van der Waals surface area contributed by atoms with Crippen LogP contribution in [0.2, 0.25) is 10.0 Å². The van der Waals surface area contributed by atoms with Crippen molar-refractivity contribution >= 4 is 46.4 Å². The highest BCUT2D eigenvalue weighted by Gasteiger charge is 2.06. The van der Waals surface area contributed by atoms with Gasteiger partial charge in [0.05, 0.1) is 5.02 Å². The molecule has 24 heavy (non-hydrogen) atoms. The van der Waals surface area contributed by atoms with Gasteiger partial charge in [0, 0.05) is 11.6 Å². The molecule has 0 radical (unpaired) electrons. The Kier molecular flexibility index (Phi) is 7.11. The van der Waals surface area contributed by atoms with Gasteiger partial charge in [-0.05, 0) is 36.0 Å². The number of hydrogen-bond donors (Lipinski definition) is 3. The van der Waals surface area contributed by atoms with Gasteiger partial charge in [0.25, 0.3) is 5.91 Å². The van der Waals surface area contributed by atoms with E-state index in [9.17, 15) is 4.79 Å². The van der Waals surface area contributed by atoms with Crippen LogP contribution in [-0.4, -0.2) is 17.6 Å². The molecule has 0 heterocycles. The molecule has 0 aromatic heterocycles. The van der Waals surface area contributed by atoms with Crippen molar-refractivity contribution in [1.29, 1.82) is 0 Å². The standard InChI is InChI=1S/C16H15Cl2N3O2S/c17-12-6-7-14(13(18)8-12)23-10-15(22)20-21-16(24)19-9-11-4-2-1-3-5-11/h1-8H,9-10H2,(H,20,22)(H2,19,21,24). The second-order valence-electron chi connectivity index (χ2n) is 4.70. The number of ether oxygens (including phenoxy) is 1. The van der Waals surface area contributed by atoms with Crippen LogP contribution in [0.25, 0.3) is 0 Å². The number of halogens is 2. The average Bonchev–Trinajstić information content (AvgIpc) is 2.58. The Hall–Kier alpha value is -2.02. The van der Waals surface area contributed by atoms with Gasteiger partial charge in [0.1, 0.15) is 5.75 Å². The molecule has 0 aliphatic rings. The number of hydrazine groups is 1. The molecule has 8 heteroatoms. The van der Waals surface area contributed by atoms with Crippen LogP contribution in [0.5, 0.6) is 5.75 Å². The van der Waals surface area contributed by atoms with E-state index in [1.54, 1.807) is 12.1 Å². The Morgan fingerprint density at radius 3 is 2.54 bits per heavy atom. The van der Waals surface area contributed by atoms with Crippen LogP contribution < -0.4 is 20.9 Å². The molecule has 3 N–H and O–H groups in total. The third-order valence-electron chi connectivity index (χ3n) is 2.86. The van der Waals surface area contributed by atoms with Gasteiger partial charge in [-0.1, -0.05) is 53.5 Å². The summed E-state index contributed by atoms with van der Waals surface area (Å²) in [5.41, 5.74) is 6.11. The number of hydrogen-bond acceptors (Lipinski definition) is 3. The molecule has 0 saturated carbocycles. The first-order valence-electron chi connectivity index (χ1n) is 6.99. The summed E-state index contributed by atoms with van der Waals surface area (Å²) in [4.78, 5) is 11.7. The van der Waals surface area contributed by atoms with Crippen LogP contribution in [0.1, 0.15) is 5.56 Å². The van der Waals surface area contributed by atoms with Crippen molar-refractivity contribution < 1.29 is 9.53 Å². The molecule has 0 atom stereocenters. The lowest BCUT2D eigenvalue weighted by molar-refractivity contribution is -0.123. The molecule has 0 fully saturated rings. The van der Waals surface area contributed by atoms with Crippen molar-refractivity contribution in [2.24, 2.45) is 0 Å². The topological polar surface area (TPSA) is 62.4 Å². The smallest absolute Gasteiger partial charge is 0.276 e. The molecule has 0 spiro atoms. The largest absolute Gasteiger partial charge is 0.482 e. The Morgan fingerprint density at radius 2 is 1.83 bits per heavy atom. The number of amides is 1. The summed E-state index contributed by atoms with van der Waals surface area (Å²) >= 11 is 16.8. The van der Waals surface area contributed by atoms with E-state index in [1.165, 1.54) is 6.07 Å². The van der Waals surface area contributed by atoms with E-state index >= 15 is 0 Å². The number of thiocarbonyl (C=S) groups is 1. The molecule has 2 rings (SSSR count). The van der Waals surface area contributed by atoms with Crippen LogP contribution in [0.3, 0.4) is 0 Å². The zero-order valence-corrected chi connectivity index (χ0v) is 14.8. The normalized spacial score (nSPS) is 9.92. The molecule has 2 aromatic carbocycles. The number of carbonyl (C=O) groups excluding carboxylic acids is 1. The minimum absolute atomic E-state index is 0.213. The quantitative estimate of drug-likeness (QED) is 0.546. The molecule has 1 amide bonds. The lowest BCUT2D eigenvalue weighted by Crippen LogP contribution is -2.48. The summed E-state index contributed by atoms with van der Waals surface area (Å²) in [6.07, 6.45) is 0. The highest BCUT2D eigenvalue weighted by molar-refractivity contribution is 7.80. The minimum Gasteiger partial charge on any atom is -0.482 e. The molecule has 5 nitrogen and oxygen atoms in total. The summed E-state index contributed by atoms with van der Waals surface area (Å²) in [7, 11) is 0. The number of carbonyl (C=O) groups is 1. The summed E-state index contributed by atoms with van der Waals surface area (Å²) in [5, 5.41) is 4.11. The van der Waals surface area contributed by atoms with E-state index in [4.69, 9.17) is 40.2 Å². The van der Waals surface area contributed by atoms with Crippen molar-refractivity contribution in [3.63, 3.8) is 0 Å². The van der Waals surface area contributed by atoms with Crippen LogP contribution in [0.15, 0.2) is 48.5 Å². The molecule has 0 aliphatic heterocycles. The number of nitrogens with one attached hydrogen (secondary N) is 3. The summed E-state index contributed by atoms with van der Waals surface area (Å²) in [6.45, 7) is 0.342. The molecule has 2 aromatic rings. The van der Waals surface area contributed by atoms with E-state index in [-0.39, 0.29) is 6.61 Å². The van der Waals surface area contributed by atoms with Gasteiger partial charge in [0.15, 0.2) is 11.7 Å². The van der Waals surface area contributed by atoms with Gasteiger partial charge in [-0.15, -0.1) is 0 Å². The second kappa shape index (κ2) is 9.32. The zero-order chi connectivity index (χ0) is 17.4. The maximum atomic E-state index is 11.7. The Balaban J connectivity index is 1.68. The van der Waals surface area contributed by atoms with Crippen molar-refractivity contribution in [3.05, 3.63) is 64.1 Å². The van der Waals surface area contributed by atoms with Gasteiger partial charge in [-0.25, -0.2) is 0 Å². The maximum Gasteiger partial charge on any atom is 0.276 e. The van der Waals surface area contributed by atoms with Crippen LogP contribution in [0, 0.1) is 0 Å². The second-order valence-corrected chi connectivity index (χ2v) is 5.96. The Bertz CT molecular complexity index is 714. The zero-order valence-electron chi connectivity index (χ0n) is 12.5. The van der Waals surface area contributed by atoms with E-state index < -0.39 is 5.91 Å². The first-order chi connectivity index (χ1) is 11.5. The molecule has 0 saturated heterocycles. The average molecular weight is 384 g/mol. The predicted molar refractivity (Wildman–Crippen MR) is 99.1 cm³/mol. The molecular formula is C16H15Cl2N3O2S. The molecule has 126 valence electrons. The maximum absolute atomic E-state index is 11.7. The SMILES string of the molecule is O=C(COc1ccc(Cl)cc1Cl)NNC(=S)NCc1ccccc1. The van der Waals surface area contributed by atoms with Crippen LogP contribution in [-0.2, 0) is 11.3 Å². The van der Waals surface area contributed by atoms with Crippen molar-refractivity contribution in [2.45, 2.75) is 6.54 Å². The fourth-order valence-corrected chi connectivity index (χ4v) is 2.31. The summed E-state index contributed by atoms with van der Waals surface area (Å²) < 4.78 is 5.31. The third kappa shape index (κ3) is 6.23. The highest BCUT2D eigenvalue weighted by Crippen LogP contribution is 2.27. The Morgan fingerprint density at radius 1 is 1.08 bits per heavy atom. The van der Waals surface area contributed by atoms with Gasteiger partial charge in [-0.2, -0.15) is 0 Å². The van der Waals surface area contributed by atoms with E-state index in [2.05, 4.69) is 16.2 Å². The lowest BCUT2D eigenvalue weighted by Gasteiger charge is -2.12. The third-order valence-corrected chi connectivity index (χ3v) is 3.64. The number of rotatable bonds is 5. The molecule has 0 aliphatic carbocycles. The van der Waals surface area contributed by atoms with Crippen molar-refractivity contribution in [1.82, 2.24) is 16.2 Å². The van der Waals surface area contributed by atoms with Gasteiger partial charge >= 0.3 is 0 Å². The first kappa shape index (κ1) is 18.3. The first-order valence-corrected chi connectivity index (χ1v) is 8.15. The van der Waals surface area contributed by atoms with Gasteiger partial charge < -0.3 is 10.1 Å². The monoisotopic (exact) mass is 383 g/mol. The minimum atomic E-state index is -0.398. The highest BCUT2D eigenvalue weighted by atomic mass is 35.5. The summed E-state index contributed by atoms with van der Waals surface area (Å²) in [6, 6.07) is 14.5.